The van der Waals surface area contributed by atoms with Crippen LogP contribution in [0.15, 0.2) is 12.3 Å². The molecule has 4 N–H and O–H groups in total. The monoisotopic (exact) mass is 285 g/mol. The summed E-state index contributed by atoms with van der Waals surface area (Å²) >= 11 is 5.85. The minimum Gasteiger partial charge on any atom is -0.480 e. The Kier molecular flexibility index (Phi) is 4.82. The molecule has 1 heterocycles. The van der Waals surface area contributed by atoms with Crippen molar-refractivity contribution in [2.45, 2.75) is 19.4 Å². The highest BCUT2D eigenvalue weighted by Gasteiger charge is 2.23. The number of aliphatic carboxylic acids is 1. The van der Waals surface area contributed by atoms with E-state index in [1.807, 2.05) is 0 Å². The lowest BCUT2D eigenvalue weighted by molar-refractivity contribution is -0.140. The first-order valence-corrected chi connectivity index (χ1v) is 5.63. The molecule has 1 aromatic rings. The molecule has 2 amide bonds. The molecule has 102 valence electrons. The van der Waals surface area contributed by atoms with E-state index in [1.54, 1.807) is 6.92 Å². The number of nitrogens with one attached hydrogen (secondary N) is 1. The van der Waals surface area contributed by atoms with Crippen LogP contribution in [0.5, 0.6) is 0 Å². The van der Waals surface area contributed by atoms with E-state index in [1.165, 1.54) is 12.3 Å². The Morgan fingerprint density at radius 1 is 1.53 bits per heavy atom. The molecule has 1 aromatic heterocycles. The largest absolute Gasteiger partial charge is 0.480 e. The zero-order chi connectivity index (χ0) is 14.6. The summed E-state index contributed by atoms with van der Waals surface area (Å²) in [5.41, 5.74) is 5.55. The third kappa shape index (κ3) is 4.22. The minimum absolute atomic E-state index is 0.0305. The number of carboxylic acid groups (broad SMARTS) is 1. The summed E-state index contributed by atoms with van der Waals surface area (Å²) in [6.07, 6.45) is 0.730. The van der Waals surface area contributed by atoms with Gasteiger partial charge in [-0.1, -0.05) is 11.6 Å². The number of pyridine rings is 1. The first kappa shape index (κ1) is 14.9. The van der Waals surface area contributed by atoms with Gasteiger partial charge in [-0.25, -0.2) is 4.79 Å². The number of hydrogen-bond donors (Lipinski definition) is 3. The second kappa shape index (κ2) is 6.14. The molecule has 0 saturated carbocycles. The molecule has 0 spiro atoms. The molecule has 0 radical (unpaired) electrons. The number of nitrogens with two attached hydrogens (primary N) is 1. The van der Waals surface area contributed by atoms with Crippen molar-refractivity contribution < 1.29 is 19.5 Å². The highest BCUT2D eigenvalue weighted by atomic mass is 35.5. The van der Waals surface area contributed by atoms with Gasteiger partial charge >= 0.3 is 5.97 Å². The number of carboxylic acids is 1. The maximum absolute atomic E-state index is 11.8. The molecular weight excluding hydrogens is 274 g/mol. The van der Waals surface area contributed by atoms with Crippen LogP contribution < -0.4 is 11.1 Å². The summed E-state index contributed by atoms with van der Waals surface area (Å²) in [6, 6.07) is 0.0720. The van der Waals surface area contributed by atoms with Crippen LogP contribution in [-0.2, 0) is 9.59 Å². The number of amides is 2. The van der Waals surface area contributed by atoms with Gasteiger partial charge in [-0.2, -0.15) is 0 Å². The molecule has 0 aliphatic heterocycles. The van der Waals surface area contributed by atoms with Gasteiger partial charge in [-0.05, 0) is 13.0 Å². The van der Waals surface area contributed by atoms with Crippen LogP contribution in [0.4, 0.5) is 0 Å². The van der Waals surface area contributed by atoms with Gasteiger partial charge in [0, 0.05) is 11.9 Å². The number of rotatable bonds is 5. The molecule has 0 aliphatic carbocycles. The SMILES string of the molecule is Cc1cc(Cl)c(C(=O)N[C@@H](CC(N)=O)C(=O)O)cn1. The fourth-order valence-electron chi connectivity index (χ4n) is 1.33. The van der Waals surface area contributed by atoms with Crippen molar-refractivity contribution in [2.24, 2.45) is 5.73 Å². The molecule has 0 unspecified atom stereocenters. The summed E-state index contributed by atoms with van der Waals surface area (Å²) in [5.74, 6) is -2.92. The van der Waals surface area contributed by atoms with Crippen molar-refractivity contribution in [3.8, 4) is 0 Å². The third-order valence-electron chi connectivity index (χ3n) is 2.24. The van der Waals surface area contributed by atoms with E-state index in [4.69, 9.17) is 22.4 Å². The van der Waals surface area contributed by atoms with E-state index in [0.29, 0.717) is 5.69 Å². The average molecular weight is 286 g/mol. The van der Waals surface area contributed by atoms with E-state index in [2.05, 4.69) is 10.3 Å². The molecule has 0 aliphatic rings. The molecule has 0 saturated heterocycles. The van der Waals surface area contributed by atoms with E-state index in [0.717, 1.165) is 0 Å². The molecule has 1 atom stereocenters. The van der Waals surface area contributed by atoms with Crippen molar-refractivity contribution in [3.05, 3.63) is 28.5 Å². The Morgan fingerprint density at radius 2 is 2.16 bits per heavy atom. The molecule has 0 fully saturated rings. The van der Waals surface area contributed by atoms with Gasteiger partial charge in [0.25, 0.3) is 5.91 Å². The summed E-state index contributed by atoms with van der Waals surface area (Å²) in [4.78, 5) is 37.3. The Labute approximate surface area is 113 Å². The van der Waals surface area contributed by atoms with Crippen LogP contribution in [0, 0.1) is 6.92 Å². The Morgan fingerprint density at radius 3 is 2.63 bits per heavy atom. The van der Waals surface area contributed by atoms with E-state index in [-0.39, 0.29) is 10.6 Å². The number of primary amides is 1. The van der Waals surface area contributed by atoms with Crippen LogP contribution in [-0.4, -0.2) is 33.9 Å². The predicted octanol–water partition coefficient (Wildman–Crippen LogP) is 0.102. The number of hydrogen-bond acceptors (Lipinski definition) is 4. The lowest BCUT2D eigenvalue weighted by Crippen LogP contribution is -2.43. The van der Waals surface area contributed by atoms with Gasteiger partial charge in [0.15, 0.2) is 0 Å². The van der Waals surface area contributed by atoms with E-state index in [9.17, 15) is 14.4 Å². The topological polar surface area (TPSA) is 122 Å². The average Bonchev–Trinajstić information content (AvgIpc) is 2.26. The van der Waals surface area contributed by atoms with Gasteiger partial charge in [0.05, 0.1) is 17.0 Å². The second-order valence-corrected chi connectivity index (χ2v) is 4.25. The van der Waals surface area contributed by atoms with Crippen LogP contribution >= 0.6 is 11.6 Å². The molecular formula is C11H12ClN3O4. The maximum Gasteiger partial charge on any atom is 0.326 e. The lowest BCUT2D eigenvalue weighted by Gasteiger charge is -2.13. The minimum atomic E-state index is -1.40. The van der Waals surface area contributed by atoms with Crippen molar-refractivity contribution >= 4 is 29.4 Å². The number of carbonyl (C=O) groups excluding carboxylic acids is 2. The lowest BCUT2D eigenvalue weighted by atomic mass is 10.1. The van der Waals surface area contributed by atoms with Gasteiger partial charge < -0.3 is 16.2 Å². The van der Waals surface area contributed by atoms with Crippen LogP contribution in [0.3, 0.4) is 0 Å². The quantitative estimate of drug-likeness (QED) is 0.708. The summed E-state index contributed by atoms with van der Waals surface area (Å²) in [7, 11) is 0. The van der Waals surface area contributed by atoms with Crippen LogP contribution in [0.2, 0.25) is 5.02 Å². The van der Waals surface area contributed by atoms with Crippen molar-refractivity contribution in [1.82, 2.24) is 10.3 Å². The number of aromatic nitrogens is 1. The van der Waals surface area contributed by atoms with E-state index >= 15 is 0 Å². The van der Waals surface area contributed by atoms with Crippen molar-refractivity contribution in [3.63, 3.8) is 0 Å². The zero-order valence-electron chi connectivity index (χ0n) is 10.0. The number of carbonyl (C=O) groups is 3. The molecule has 0 aromatic carbocycles. The van der Waals surface area contributed by atoms with Gasteiger partial charge in [-0.3, -0.25) is 14.6 Å². The van der Waals surface area contributed by atoms with Crippen LogP contribution in [0.25, 0.3) is 0 Å². The number of nitrogens with zero attached hydrogens (tertiary/aromatic N) is 1. The first-order chi connectivity index (χ1) is 8.81. The number of aryl methyl sites for hydroxylation is 1. The van der Waals surface area contributed by atoms with E-state index < -0.39 is 30.2 Å². The third-order valence-corrected chi connectivity index (χ3v) is 2.56. The molecule has 19 heavy (non-hydrogen) atoms. The standard InChI is InChI=1S/C11H12ClN3O4/c1-5-2-7(12)6(4-14-5)10(17)15-8(11(18)19)3-9(13)16/h2,4,8H,3H2,1H3,(H2,13,16)(H,15,17)(H,18,19)/t8-/m0/s1. The Bertz CT molecular complexity index is 533. The summed E-state index contributed by atoms with van der Waals surface area (Å²) in [6.45, 7) is 1.70. The van der Waals surface area contributed by atoms with Crippen LogP contribution in [0.1, 0.15) is 22.5 Å². The molecule has 1 rings (SSSR count). The van der Waals surface area contributed by atoms with Gasteiger partial charge in [-0.15, -0.1) is 0 Å². The van der Waals surface area contributed by atoms with Gasteiger partial charge in [0.1, 0.15) is 6.04 Å². The maximum atomic E-state index is 11.8. The van der Waals surface area contributed by atoms with Gasteiger partial charge in [0.2, 0.25) is 5.91 Å². The summed E-state index contributed by atoms with van der Waals surface area (Å²) < 4.78 is 0. The molecule has 0 bridgehead atoms. The normalized spacial score (nSPS) is 11.7. The second-order valence-electron chi connectivity index (χ2n) is 3.84. The van der Waals surface area contributed by atoms with Crippen molar-refractivity contribution in [1.29, 1.82) is 0 Å². The smallest absolute Gasteiger partial charge is 0.326 e. The zero-order valence-corrected chi connectivity index (χ0v) is 10.8. The molecule has 7 nitrogen and oxygen atoms in total. The Hall–Kier alpha value is -2.15. The fourth-order valence-corrected chi connectivity index (χ4v) is 1.62. The first-order valence-electron chi connectivity index (χ1n) is 5.25. The Balaban J connectivity index is 2.87. The highest BCUT2D eigenvalue weighted by molar-refractivity contribution is 6.33. The fraction of sp³-hybridized carbons (Fsp3) is 0.273. The number of halogens is 1. The predicted molar refractivity (Wildman–Crippen MR) is 66.7 cm³/mol. The summed E-state index contributed by atoms with van der Waals surface area (Å²) in [5, 5.41) is 11.2. The highest BCUT2D eigenvalue weighted by Crippen LogP contribution is 2.15. The molecule has 8 heteroatoms. The van der Waals surface area contributed by atoms with Crippen molar-refractivity contribution in [2.75, 3.05) is 0 Å².